The summed E-state index contributed by atoms with van der Waals surface area (Å²) in [4.78, 5) is 12.3. The molecule has 3 heteroatoms. The van der Waals surface area contributed by atoms with Crippen LogP contribution in [-0.2, 0) is 9.47 Å². The Morgan fingerprint density at radius 3 is 2.55 bits per heavy atom. The van der Waals surface area contributed by atoms with Crippen molar-refractivity contribution in [3.8, 4) is 0 Å². The van der Waals surface area contributed by atoms with Crippen LogP contribution in [0.2, 0.25) is 0 Å². The molecule has 2 rings (SSSR count). The molecular formula is C17H24O3. The number of benzene rings is 1. The van der Waals surface area contributed by atoms with Crippen LogP contribution in [0, 0.1) is 20.8 Å². The molecule has 1 atom stereocenters. The fraction of sp³-hybridized carbons (Fsp3) is 0.588. The SMILES string of the molecule is Cc1cc(C)c(C(=O)COCC2CCCCO2)c(C)c1. The molecule has 0 aliphatic carbocycles. The number of rotatable bonds is 5. The van der Waals surface area contributed by atoms with Crippen LogP contribution < -0.4 is 0 Å². The minimum absolute atomic E-state index is 0.0656. The van der Waals surface area contributed by atoms with Gasteiger partial charge in [0.1, 0.15) is 6.61 Å². The maximum Gasteiger partial charge on any atom is 0.188 e. The number of carbonyl (C=O) groups is 1. The van der Waals surface area contributed by atoms with E-state index < -0.39 is 0 Å². The van der Waals surface area contributed by atoms with Crippen LogP contribution in [-0.4, -0.2) is 31.7 Å². The van der Waals surface area contributed by atoms with E-state index in [1.54, 1.807) is 0 Å². The van der Waals surface area contributed by atoms with E-state index in [2.05, 4.69) is 0 Å². The molecule has 0 aromatic heterocycles. The van der Waals surface area contributed by atoms with Gasteiger partial charge >= 0.3 is 0 Å². The number of ether oxygens (including phenoxy) is 2. The highest BCUT2D eigenvalue weighted by atomic mass is 16.5. The molecule has 0 bridgehead atoms. The van der Waals surface area contributed by atoms with Crippen molar-refractivity contribution < 1.29 is 14.3 Å². The lowest BCUT2D eigenvalue weighted by Crippen LogP contribution is -2.26. The summed E-state index contributed by atoms with van der Waals surface area (Å²) in [5.74, 6) is 0.0656. The van der Waals surface area contributed by atoms with E-state index in [0.29, 0.717) is 6.61 Å². The van der Waals surface area contributed by atoms with Crippen LogP contribution in [0.5, 0.6) is 0 Å². The zero-order valence-corrected chi connectivity index (χ0v) is 12.7. The third-order valence-corrected chi connectivity index (χ3v) is 3.77. The van der Waals surface area contributed by atoms with Crippen molar-refractivity contribution in [3.05, 3.63) is 34.4 Å². The van der Waals surface area contributed by atoms with Crippen LogP contribution in [0.25, 0.3) is 0 Å². The Kier molecular flexibility index (Phi) is 5.32. The molecule has 0 spiro atoms. The van der Waals surface area contributed by atoms with Gasteiger partial charge in [0, 0.05) is 12.2 Å². The standard InChI is InChI=1S/C17H24O3/c1-12-8-13(2)17(14(3)9-12)16(18)11-19-10-15-6-4-5-7-20-15/h8-9,15H,4-7,10-11H2,1-3H3. The highest BCUT2D eigenvalue weighted by molar-refractivity contribution is 5.99. The first-order valence-electron chi connectivity index (χ1n) is 7.38. The van der Waals surface area contributed by atoms with Gasteiger partial charge in [0.25, 0.3) is 0 Å². The Bertz CT molecular complexity index is 450. The van der Waals surface area contributed by atoms with Crippen molar-refractivity contribution in [2.75, 3.05) is 19.8 Å². The third-order valence-electron chi connectivity index (χ3n) is 3.77. The van der Waals surface area contributed by atoms with E-state index in [0.717, 1.165) is 36.1 Å². The number of Topliss-reactive ketones (excluding diaryl/α,β-unsaturated/α-hetero) is 1. The summed E-state index contributed by atoms with van der Waals surface area (Å²) in [6.07, 6.45) is 3.53. The molecule has 1 aliphatic rings. The number of hydrogen-bond acceptors (Lipinski definition) is 3. The first kappa shape index (κ1) is 15.2. The molecule has 0 saturated carbocycles. The summed E-state index contributed by atoms with van der Waals surface area (Å²) in [5.41, 5.74) is 4.06. The quantitative estimate of drug-likeness (QED) is 0.773. The zero-order valence-electron chi connectivity index (χ0n) is 12.7. The summed E-state index contributed by atoms with van der Waals surface area (Å²) in [6, 6.07) is 4.09. The molecule has 1 aromatic carbocycles. The molecule has 110 valence electrons. The lowest BCUT2D eigenvalue weighted by Gasteiger charge is -2.22. The van der Waals surface area contributed by atoms with Gasteiger partial charge in [-0.3, -0.25) is 4.79 Å². The largest absolute Gasteiger partial charge is 0.376 e. The normalized spacial score (nSPS) is 19.1. The number of aryl methyl sites for hydroxylation is 3. The maximum absolute atomic E-state index is 12.3. The Balaban J connectivity index is 1.88. The number of ketones is 1. The van der Waals surface area contributed by atoms with Gasteiger partial charge in [-0.05, 0) is 51.2 Å². The molecule has 1 fully saturated rings. The fourth-order valence-corrected chi connectivity index (χ4v) is 2.91. The predicted molar refractivity (Wildman–Crippen MR) is 79.4 cm³/mol. The summed E-state index contributed by atoms with van der Waals surface area (Å²) in [5, 5.41) is 0. The highest BCUT2D eigenvalue weighted by Gasteiger charge is 2.16. The first-order valence-corrected chi connectivity index (χ1v) is 7.38. The van der Waals surface area contributed by atoms with E-state index in [1.165, 1.54) is 12.0 Å². The molecule has 1 unspecified atom stereocenters. The summed E-state index contributed by atoms with van der Waals surface area (Å²) < 4.78 is 11.1. The average molecular weight is 276 g/mol. The van der Waals surface area contributed by atoms with E-state index in [4.69, 9.17) is 9.47 Å². The van der Waals surface area contributed by atoms with E-state index in [1.807, 2.05) is 32.9 Å². The topological polar surface area (TPSA) is 35.5 Å². The van der Waals surface area contributed by atoms with Gasteiger partial charge in [0.2, 0.25) is 0 Å². The van der Waals surface area contributed by atoms with Gasteiger partial charge in [0.15, 0.2) is 5.78 Å². The van der Waals surface area contributed by atoms with Crippen molar-refractivity contribution in [2.45, 2.75) is 46.1 Å². The molecule has 0 radical (unpaired) electrons. The van der Waals surface area contributed by atoms with Gasteiger partial charge in [-0.1, -0.05) is 17.7 Å². The Morgan fingerprint density at radius 2 is 1.95 bits per heavy atom. The Labute approximate surface area is 121 Å². The van der Waals surface area contributed by atoms with E-state index in [9.17, 15) is 4.79 Å². The second-order valence-electron chi connectivity index (χ2n) is 5.70. The minimum Gasteiger partial charge on any atom is -0.376 e. The van der Waals surface area contributed by atoms with Gasteiger partial charge in [-0.2, -0.15) is 0 Å². The number of carbonyl (C=O) groups excluding carboxylic acids is 1. The summed E-state index contributed by atoms with van der Waals surface area (Å²) in [6.45, 7) is 7.50. The molecule has 0 N–H and O–H groups in total. The molecule has 3 nitrogen and oxygen atoms in total. The molecule has 1 aromatic rings. The maximum atomic E-state index is 12.3. The van der Waals surface area contributed by atoms with Crippen molar-refractivity contribution in [3.63, 3.8) is 0 Å². The van der Waals surface area contributed by atoms with Gasteiger partial charge < -0.3 is 9.47 Å². The molecule has 20 heavy (non-hydrogen) atoms. The zero-order chi connectivity index (χ0) is 14.5. The van der Waals surface area contributed by atoms with Crippen molar-refractivity contribution in [1.29, 1.82) is 0 Å². The Hall–Kier alpha value is -1.19. The van der Waals surface area contributed by atoms with Crippen molar-refractivity contribution >= 4 is 5.78 Å². The smallest absolute Gasteiger partial charge is 0.188 e. The second kappa shape index (κ2) is 7.00. The van der Waals surface area contributed by atoms with Crippen molar-refractivity contribution in [2.24, 2.45) is 0 Å². The van der Waals surface area contributed by atoms with Gasteiger partial charge in [0.05, 0.1) is 12.7 Å². The van der Waals surface area contributed by atoms with E-state index >= 15 is 0 Å². The monoisotopic (exact) mass is 276 g/mol. The number of hydrogen-bond donors (Lipinski definition) is 0. The van der Waals surface area contributed by atoms with E-state index in [-0.39, 0.29) is 18.5 Å². The van der Waals surface area contributed by atoms with Crippen molar-refractivity contribution in [1.82, 2.24) is 0 Å². The summed E-state index contributed by atoms with van der Waals surface area (Å²) >= 11 is 0. The van der Waals surface area contributed by atoms with Crippen LogP contribution in [0.4, 0.5) is 0 Å². The highest BCUT2D eigenvalue weighted by Crippen LogP contribution is 2.17. The summed E-state index contributed by atoms with van der Waals surface area (Å²) in [7, 11) is 0. The van der Waals surface area contributed by atoms with Crippen LogP contribution in [0.1, 0.15) is 46.3 Å². The molecule has 1 saturated heterocycles. The van der Waals surface area contributed by atoms with Gasteiger partial charge in [-0.25, -0.2) is 0 Å². The van der Waals surface area contributed by atoms with Crippen LogP contribution in [0.3, 0.4) is 0 Å². The molecule has 1 heterocycles. The fourth-order valence-electron chi connectivity index (χ4n) is 2.91. The van der Waals surface area contributed by atoms with Gasteiger partial charge in [-0.15, -0.1) is 0 Å². The third kappa shape index (κ3) is 3.90. The first-order chi connectivity index (χ1) is 9.58. The molecular weight excluding hydrogens is 252 g/mol. The minimum atomic E-state index is 0.0656. The lowest BCUT2D eigenvalue weighted by molar-refractivity contribution is -0.0370. The molecule has 0 amide bonds. The average Bonchev–Trinajstić information content (AvgIpc) is 2.38. The van der Waals surface area contributed by atoms with Crippen LogP contribution >= 0.6 is 0 Å². The van der Waals surface area contributed by atoms with Crippen LogP contribution in [0.15, 0.2) is 12.1 Å². The molecule has 1 aliphatic heterocycles. The lowest BCUT2D eigenvalue weighted by atomic mass is 9.97. The second-order valence-corrected chi connectivity index (χ2v) is 5.70. The Morgan fingerprint density at radius 1 is 1.25 bits per heavy atom. The predicted octanol–water partition coefficient (Wildman–Crippen LogP) is 3.38.